The fourth-order valence-electron chi connectivity index (χ4n) is 9.00. The lowest BCUT2D eigenvalue weighted by atomic mass is 9.44. The van der Waals surface area contributed by atoms with Crippen LogP contribution in [0.5, 0.6) is 0 Å². The molecule has 2 N–H and O–H groups in total. The first-order valence-electron chi connectivity index (χ1n) is 12.4. The maximum absolute atomic E-state index is 11.3. The minimum atomic E-state index is -4.34. The summed E-state index contributed by atoms with van der Waals surface area (Å²) >= 11 is 0. The van der Waals surface area contributed by atoms with E-state index in [2.05, 4.69) is 25.0 Å². The van der Waals surface area contributed by atoms with Crippen molar-refractivity contribution >= 4 is 10.4 Å². The van der Waals surface area contributed by atoms with Gasteiger partial charge in [-0.05, 0) is 104 Å². The van der Waals surface area contributed by atoms with E-state index in [4.69, 9.17) is 4.55 Å². The van der Waals surface area contributed by atoms with E-state index in [1.54, 1.807) is 0 Å². The van der Waals surface area contributed by atoms with Crippen LogP contribution in [-0.4, -0.2) is 30.8 Å². The van der Waals surface area contributed by atoms with Crippen LogP contribution in [0.1, 0.15) is 91.4 Å². The highest BCUT2D eigenvalue weighted by Crippen LogP contribution is 2.68. The van der Waals surface area contributed by atoms with E-state index >= 15 is 0 Å². The van der Waals surface area contributed by atoms with Crippen molar-refractivity contribution in [2.75, 3.05) is 6.61 Å². The van der Waals surface area contributed by atoms with E-state index in [-0.39, 0.29) is 18.1 Å². The lowest BCUT2D eigenvalue weighted by Gasteiger charge is -2.62. The average Bonchev–Trinajstić information content (AvgIpc) is 3.02. The second-order valence-electron chi connectivity index (χ2n) is 11.6. The van der Waals surface area contributed by atoms with Gasteiger partial charge in [0.15, 0.2) is 0 Å². The van der Waals surface area contributed by atoms with Gasteiger partial charge in [0.1, 0.15) is 0 Å². The summed E-state index contributed by atoms with van der Waals surface area (Å²) in [6.45, 7) is 7.39. The van der Waals surface area contributed by atoms with Crippen molar-refractivity contribution < 1.29 is 22.3 Å². The van der Waals surface area contributed by atoms with Gasteiger partial charge in [-0.25, -0.2) is 4.18 Å². The third-order valence-corrected chi connectivity index (χ3v) is 10.9. The zero-order valence-electron chi connectivity index (χ0n) is 19.1. The van der Waals surface area contributed by atoms with Crippen LogP contribution in [0.2, 0.25) is 0 Å². The summed E-state index contributed by atoms with van der Waals surface area (Å²) in [7, 11) is -4.34. The van der Waals surface area contributed by atoms with Crippen molar-refractivity contribution in [3.63, 3.8) is 0 Å². The van der Waals surface area contributed by atoms with Gasteiger partial charge in [0, 0.05) is 0 Å². The molecule has 4 aliphatic rings. The molecular weight excluding hydrogens is 400 g/mol. The Morgan fingerprint density at radius 1 is 1.03 bits per heavy atom. The second-order valence-corrected chi connectivity index (χ2v) is 12.7. The Balaban J connectivity index is 1.45. The number of aliphatic hydroxyl groups is 1. The molecule has 4 aliphatic carbocycles. The van der Waals surface area contributed by atoms with Crippen LogP contribution in [0.4, 0.5) is 0 Å². The monoisotopic (exact) mass is 442 g/mol. The summed E-state index contributed by atoms with van der Waals surface area (Å²) in [6, 6.07) is 0. The molecule has 0 saturated heterocycles. The summed E-state index contributed by atoms with van der Waals surface area (Å²) in [5.41, 5.74) is 0.712. The van der Waals surface area contributed by atoms with Gasteiger partial charge in [-0.1, -0.05) is 33.6 Å². The second kappa shape index (κ2) is 8.31. The Kier molecular flexibility index (Phi) is 6.37. The van der Waals surface area contributed by atoms with Crippen LogP contribution in [0, 0.1) is 46.3 Å². The zero-order valence-corrected chi connectivity index (χ0v) is 19.9. The van der Waals surface area contributed by atoms with Gasteiger partial charge in [0.25, 0.3) is 0 Å². The molecule has 0 amide bonds. The summed E-state index contributed by atoms with van der Waals surface area (Å²) in [5, 5.41) is 11.3. The molecule has 5 nitrogen and oxygen atoms in total. The molecule has 4 rings (SSSR count). The van der Waals surface area contributed by atoms with Crippen LogP contribution in [0.15, 0.2) is 0 Å². The molecule has 0 bridgehead atoms. The van der Waals surface area contributed by atoms with Crippen molar-refractivity contribution in [3.05, 3.63) is 0 Å². The first kappa shape index (κ1) is 23.0. The van der Waals surface area contributed by atoms with Crippen LogP contribution >= 0.6 is 0 Å². The van der Waals surface area contributed by atoms with Crippen molar-refractivity contribution in [2.24, 2.45) is 46.3 Å². The van der Waals surface area contributed by atoms with E-state index in [1.807, 2.05) is 0 Å². The summed E-state index contributed by atoms with van der Waals surface area (Å²) < 4.78 is 34.8. The average molecular weight is 443 g/mol. The molecule has 0 aliphatic heterocycles. The van der Waals surface area contributed by atoms with Crippen molar-refractivity contribution in [2.45, 2.75) is 97.5 Å². The fraction of sp³-hybridized carbons (Fsp3) is 1.00. The summed E-state index contributed by atoms with van der Waals surface area (Å²) in [5.74, 6) is 3.60. The van der Waals surface area contributed by atoms with Gasteiger partial charge in [-0.3, -0.25) is 4.55 Å². The van der Waals surface area contributed by atoms with E-state index < -0.39 is 10.4 Å². The fourth-order valence-corrected chi connectivity index (χ4v) is 9.33. The van der Waals surface area contributed by atoms with E-state index in [9.17, 15) is 13.5 Å². The number of rotatable bonds is 6. The highest BCUT2D eigenvalue weighted by molar-refractivity contribution is 7.80. The summed E-state index contributed by atoms with van der Waals surface area (Å²) in [4.78, 5) is 0. The van der Waals surface area contributed by atoms with Crippen LogP contribution in [0.25, 0.3) is 0 Å². The molecule has 9 atom stereocenters. The van der Waals surface area contributed by atoms with Gasteiger partial charge >= 0.3 is 10.4 Å². The molecule has 174 valence electrons. The van der Waals surface area contributed by atoms with Crippen molar-refractivity contribution in [1.29, 1.82) is 0 Å². The molecule has 0 unspecified atom stereocenters. The third kappa shape index (κ3) is 3.99. The molecule has 0 radical (unpaired) electrons. The highest BCUT2D eigenvalue weighted by Gasteiger charge is 2.62. The van der Waals surface area contributed by atoms with Gasteiger partial charge in [0.2, 0.25) is 0 Å². The number of aliphatic hydroxyl groups excluding tert-OH is 1. The molecule has 30 heavy (non-hydrogen) atoms. The molecule has 6 heteroatoms. The van der Waals surface area contributed by atoms with Gasteiger partial charge < -0.3 is 5.11 Å². The quantitative estimate of drug-likeness (QED) is 0.434. The Bertz CT molecular complexity index is 723. The molecule has 0 aromatic heterocycles. The SMILES string of the molecule is C[C@H](CCCOS(=O)(=O)O)[C@H]1CC[C@H]2[C@@H]3[C@H](O)C[C@@H]4CCCC[C@]4(C)[C@H]3CC[C@]12C. The van der Waals surface area contributed by atoms with Crippen LogP contribution in [-0.2, 0) is 14.6 Å². The maximum atomic E-state index is 11.3. The molecule has 0 spiro atoms. The first-order valence-corrected chi connectivity index (χ1v) is 13.7. The predicted octanol–water partition coefficient (Wildman–Crippen LogP) is 5.24. The topological polar surface area (TPSA) is 83.8 Å². The Hall–Kier alpha value is -0.170. The van der Waals surface area contributed by atoms with Gasteiger partial charge in [-0.15, -0.1) is 0 Å². The molecule has 0 aromatic carbocycles. The zero-order chi connectivity index (χ0) is 21.7. The maximum Gasteiger partial charge on any atom is 0.397 e. The Morgan fingerprint density at radius 3 is 2.50 bits per heavy atom. The van der Waals surface area contributed by atoms with Crippen LogP contribution in [0.3, 0.4) is 0 Å². The summed E-state index contributed by atoms with van der Waals surface area (Å²) in [6.07, 6.45) is 12.8. The smallest absolute Gasteiger partial charge is 0.393 e. The van der Waals surface area contributed by atoms with Crippen molar-refractivity contribution in [1.82, 2.24) is 0 Å². The van der Waals surface area contributed by atoms with E-state index in [0.29, 0.717) is 47.3 Å². The highest BCUT2D eigenvalue weighted by atomic mass is 32.3. The lowest BCUT2D eigenvalue weighted by Crippen LogP contribution is -2.57. The first-order chi connectivity index (χ1) is 14.1. The molecule has 0 heterocycles. The van der Waals surface area contributed by atoms with Crippen LogP contribution < -0.4 is 0 Å². The number of hydrogen-bond donors (Lipinski definition) is 2. The Labute approximate surface area is 183 Å². The third-order valence-electron chi connectivity index (χ3n) is 10.4. The Morgan fingerprint density at radius 2 is 1.77 bits per heavy atom. The van der Waals surface area contributed by atoms with E-state index in [1.165, 1.54) is 51.4 Å². The number of fused-ring (bicyclic) bond motifs is 5. The molecular formula is C24H42O5S. The van der Waals surface area contributed by atoms with Gasteiger partial charge in [-0.2, -0.15) is 8.42 Å². The largest absolute Gasteiger partial charge is 0.397 e. The minimum absolute atomic E-state index is 0.0548. The lowest BCUT2D eigenvalue weighted by molar-refractivity contribution is -0.164. The van der Waals surface area contributed by atoms with Crippen molar-refractivity contribution in [3.8, 4) is 0 Å². The van der Waals surface area contributed by atoms with Gasteiger partial charge in [0.05, 0.1) is 12.7 Å². The molecule has 0 aromatic rings. The predicted molar refractivity (Wildman–Crippen MR) is 117 cm³/mol. The molecule has 4 fully saturated rings. The molecule has 4 saturated carbocycles. The van der Waals surface area contributed by atoms with E-state index in [0.717, 1.165) is 12.8 Å². The minimum Gasteiger partial charge on any atom is -0.393 e. The normalized spacial score (nSPS) is 47.2. The standard InChI is InChI=1S/C24H42O5S/c1-16(7-6-14-29-30(26,27)28)18-9-10-19-22-20(11-13-24(18,19)3)23(2)12-5-4-8-17(23)15-21(22)25/h16-22,25H,4-15H2,1-3H3,(H,26,27,28)/t16-,17+,18-,19+,20+,21-,22+,23+,24-/m1/s1. The number of hydrogen-bond acceptors (Lipinski definition) is 4.